The zero-order chi connectivity index (χ0) is 16.9. The molecule has 1 amide bonds. The first kappa shape index (κ1) is 16.9. The number of cyclic esters (lactones) is 1. The highest BCUT2D eigenvalue weighted by Crippen LogP contribution is 2.20. The summed E-state index contributed by atoms with van der Waals surface area (Å²) < 4.78 is 5.27. The van der Waals surface area contributed by atoms with Gasteiger partial charge in [-0.1, -0.05) is 18.2 Å². The number of carbonyl (C=O) groups is 2. The molecule has 130 valence electrons. The molecule has 0 bridgehead atoms. The van der Waals surface area contributed by atoms with Gasteiger partial charge in [0.15, 0.2) is 6.10 Å². The second-order valence-electron chi connectivity index (χ2n) is 6.54. The Morgan fingerprint density at radius 3 is 2.79 bits per heavy atom. The van der Waals surface area contributed by atoms with Crippen LogP contribution in [-0.2, 0) is 16.0 Å². The monoisotopic (exact) mass is 331 g/mol. The molecular weight excluding hydrogens is 306 g/mol. The van der Waals surface area contributed by atoms with Crippen molar-refractivity contribution in [1.82, 2.24) is 15.1 Å². The van der Waals surface area contributed by atoms with E-state index in [1.165, 1.54) is 0 Å². The Morgan fingerprint density at radius 2 is 2.00 bits per heavy atom. The summed E-state index contributed by atoms with van der Waals surface area (Å²) in [4.78, 5) is 28.9. The summed E-state index contributed by atoms with van der Waals surface area (Å²) in [5.41, 5.74) is 1.45. The lowest BCUT2D eigenvalue weighted by Gasteiger charge is -2.32. The lowest BCUT2D eigenvalue weighted by Crippen LogP contribution is -2.46. The molecule has 0 radical (unpaired) electrons. The van der Waals surface area contributed by atoms with Crippen molar-refractivity contribution < 1.29 is 14.3 Å². The first-order valence-electron chi connectivity index (χ1n) is 8.61. The molecule has 1 aromatic rings. The van der Waals surface area contributed by atoms with Crippen molar-refractivity contribution in [2.75, 3.05) is 46.3 Å². The number of esters is 1. The van der Waals surface area contributed by atoms with E-state index in [2.05, 4.69) is 22.2 Å². The fraction of sp³-hybridized carbons (Fsp3) is 0.556. The molecule has 3 rings (SSSR count). The van der Waals surface area contributed by atoms with Crippen molar-refractivity contribution in [3.63, 3.8) is 0 Å². The standard InChI is InChI=1S/C18H25N3O3/c1-20-9-11-21(12-10-20)8-4-7-19-17(22)16-13-14-5-2-3-6-15(14)18(23)24-16/h2-3,5-6,16H,4,7-13H2,1H3,(H,19,22). The molecule has 1 fully saturated rings. The average molecular weight is 331 g/mol. The van der Waals surface area contributed by atoms with E-state index in [9.17, 15) is 9.59 Å². The largest absolute Gasteiger partial charge is 0.448 e. The number of hydrogen-bond acceptors (Lipinski definition) is 5. The van der Waals surface area contributed by atoms with Crippen molar-refractivity contribution in [2.24, 2.45) is 0 Å². The normalized spacial score (nSPS) is 21.9. The van der Waals surface area contributed by atoms with Crippen molar-refractivity contribution in [3.8, 4) is 0 Å². The number of fused-ring (bicyclic) bond motifs is 1. The number of nitrogens with one attached hydrogen (secondary N) is 1. The Bertz CT molecular complexity index is 597. The van der Waals surface area contributed by atoms with Gasteiger partial charge in [-0.05, 0) is 31.6 Å². The topological polar surface area (TPSA) is 61.9 Å². The third-order valence-electron chi connectivity index (χ3n) is 4.73. The van der Waals surface area contributed by atoms with Gasteiger partial charge in [0.25, 0.3) is 5.91 Å². The molecule has 1 unspecified atom stereocenters. The summed E-state index contributed by atoms with van der Waals surface area (Å²) in [7, 11) is 2.14. The highest BCUT2D eigenvalue weighted by atomic mass is 16.5. The maximum Gasteiger partial charge on any atom is 0.339 e. The highest BCUT2D eigenvalue weighted by molar-refractivity contribution is 5.95. The van der Waals surface area contributed by atoms with Gasteiger partial charge in [0.2, 0.25) is 0 Å². The van der Waals surface area contributed by atoms with Crippen LogP contribution >= 0.6 is 0 Å². The lowest BCUT2D eigenvalue weighted by atomic mass is 9.98. The molecule has 24 heavy (non-hydrogen) atoms. The van der Waals surface area contributed by atoms with Crippen LogP contribution in [0.3, 0.4) is 0 Å². The smallest absolute Gasteiger partial charge is 0.339 e. The van der Waals surface area contributed by atoms with Gasteiger partial charge in [0, 0.05) is 39.1 Å². The Kier molecular flexibility index (Phi) is 5.48. The molecule has 2 heterocycles. The van der Waals surface area contributed by atoms with E-state index in [0.717, 1.165) is 44.7 Å². The molecule has 0 saturated carbocycles. The van der Waals surface area contributed by atoms with Crippen molar-refractivity contribution in [1.29, 1.82) is 0 Å². The molecule has 2 aliphatic heterocycles. The summed E-state index contributed by atoms with van der Waals surface area (Å²) in [5, 5.41) is 2.90. The average Bonchev–Trinajstić information content (AvgIpc) is 2.60. The minimum atomic E-state index is -0.712. The van der Waals surface area contributed by atoms with Gasteiger partial charge in [0.05, 0.1) is 5.56 Å². The molecule has 0 spiro atoms. The Hall–Kier alpha value is -1.92. The number of rotatable bonds is 5. The number of benzene rings is 1. The molecule has 0 aromatic heterocycles. The zero-order valence-corrected chi connectivity index (χ0v) is 14.2. The molecule has 6 heteroatoms. The van der Waals surface area contributed by atoms with E-state index >= 15 is 0 Å². The van der Waals surface area contributed by atoms with E-state index in [-0.39, 0.29) is 5.91 Å². The van der Waals surface area contributed by atoms with E-state index in [1.807, 2.05) is 12.1 Å². The summed E-state index contributed by atoms with van der Waals surface area (Å²) in [6.07, 6.45) is 0.648. The van der Waals surface area contributed by atoms with Crippen LogP contribution in [0.5, 0.6) is 0 Å². The number of nitrogens with zero attached hydrogens (tertiary/aromatic N) is 2. The van der Waals surface area contributed by atoms with Crippen LogP contribution < -0.4 is 5.32 Å². The molecule has 2 aliphatic rings. The second kappa shape index (κ2) is 7.77. The van der Waals surface area contributed by atoms with Crippen LogP contribution in [0.15, 0.2) is 24.3 Å². The maximum atomic E-state index is 12.2. The van der Waals surface area contributed by atoms with Crippen LogP contribution in [0.4, 0.5) is 0 Å². The van der Waals surface area contributed by atoms with E-state index in [1.54, 1.807) is 12.1 Å². The number of likely N-dealkylation sites (N-methyl/N-ethyl adjacent to an activating group) is 1. The lowest BCUT2D eigenvalue weighted by molar-refractivity contribution is -0.130. The van der Waals surface area contributed by atoms with Gasteiger partial charge >= 0.3 is 5.97 Å². The highest BCUT2D eigenvalue weighted by Gasteiger charge is 2.30. The van der Waals surface area contributed by atoms with Crippen LogP contribution in [0.1, 0.15) is 22.3 Å². The van der Waals surface area contributed by atoms with Crippen LogP contribution in [0.25, 0.3) is 0 Å². The number of ether oxygens (including phenoxy) is 1. The predicted octanol–water partition coefficient (Wildman–Crippen LogP) is 0.522. The minimum Gasteiger partial charge on any atom is -0.448 e. The number of amides is 1. The SMILES string of the molecule is CN1CCN(CCCNC(=O)C2Cc3ccccc3C(=O)O2)CC1. The fourth-order valence-corrected chi connectivity index (χ4v) is 3.18. The van der Waals surface area contributed by atoms with Crippen LogP contribution in [-0.4, -0.2) is 74.1 Å². The zero-order valence-electron chi connectivity index (χ0n) is 14.2. The number of carbonyl (C=O) groups excluding carboxylic acids is 2. The van der Waals surface area contributed by atoms with Crippen LogP contribution in [0, 0.1) is 0 Å². The predicted molar refractivity (Wildman–Crippen MR) is 90.9 cm³/mol. The van der Waals surface area contributed by atoms with E-state index < -0.39 is 12.1 Å². The molecule has 1 saturated heterocycles. The first-order valence-corrected chi connectivity index (χ1v) is 8.61. The number of hydrogen-bond donors (Lipinski definition) is 1. The molecular formula is C18H25N3O3. The van der Waals surface area contributed by atoms with Gasteiger partial charge in [-0.25, -0.2) is 4.79 Å². The van der Waals surface area contributed by atoms with Crippen molar-refractivity contribution in [2.45, 2.75) is 18.9 Å². The number of piperazine rings is 1. The Balaban J connectivity index is 1.41. The Labute approximate surface area is 142 Å². The first-order chi connectivity index (χ1) is 11.6. The van der Waals surface area contributed by atoms with Gasteiger partial charge < -0.3 is 19.9 Å². The van der Waals surface area contributed by atoms with Gasteiger partial charge in [-0.2, -0.15) is 0 Å². The summed E-state index contributed by atoms with van der Waals surface area (Å²) >= 11 is 0. The third kappa shape index (κ3) is 4.13. The maximum absolute atomic E-state index is 12.2. The summed E-state index contributed by atoms with van der Waals surface area (Å²) in [5.74, 6) is -0.606. The molecule has 1 N–H and O–H groups in total. The third-order valence-corrected chi connectivity index (χ3v) is 4.73. The molecule has 6 nitrogen and oxygen atoms in total. The minimum absolute atomic E-state index is 0.198. The Morgan fingerprint density at radius 1 is 1.25 bits per heavy atom. The quantitative estimate of drug-likeness (QED) is 0.630. The van der Waals surface area contributed by atoms with Gasteiger partial charge in [-0.15, -0.1) is 0 Å². The van der Waals surface area contributed by atoms with E-state index in [4.69, 9.17) is 4.74 Å². The van der Waals surface area contributed by atoms with Gasteiger partial charge in [0.1, 0.15) is 0 Å². The van der Waals surface area contributed by atoms with E-state index in [0.29, 0.717) is 18.5 Å². The van der Waals surface area contributed by atoms with Crippen LogP contribution in [0.2, 0.25) is 0 Å². The molecule has 0 aliphatic carbocycles. The fourth-order valence-electron chi connectivity index (χ4n) is 3.18. The summed E-state index contributed by atoms with van der Waals surface area (Å²) in [6.45, 7) is 5.97. The molecule has 1 atom stereocenters. The second-order valence-corrected chi connectivity index (χ2v) is 6.54. The van der Waals surface area contributed by atoms with Crippen molar-refractivity contribution >= 4 is 11.9 Å². The molecule has 1 aromatic carbocycles. The summed E-state index contributed by atoms with van der Waals surface area (Å²) in [6, 6.07) is 7.30. The van der Waals surface area contributed by atoms with Gasteiger partial charge in [-0.3, -0.25) is 4.79 Å². The van der Waals surface area contributed by atoms with Crippen molar-refractivity contribution in [3.05, 3.63) is 35.4 Å².